The molecular weight excluding hydrogens is 318 g/mol. The van der Waals surface area contributed by atoms with Crippen molar-refractivity contribution in [1.82, 2.24) is 4.98 Å². The van der Waals surface area contributed by atoms with Gasteiger partial charge in [0, 0.05) is 41.7 Å². The maximum absolute atomic E-state index is 13.9. The Morgan fingerprint density at radius 3 is 3.09 bits per heavy atom. The molecule has 1 aromatic heterocycles. The first-order valence-electron chi connectivity index (χ1n) is 7.87. The van der Waals surface area contributed by atoms with Crippen molar-refractivity contribution < 1.29 is 13.5 Å². The Balaban J connectivity index is 1.62. The van der Waals surface area contributed by atoms with Gasteiger partial charge in [0.05, 0.1) is 5.60 Å². The van der Waals surface area contributed by atoms with E-state index in [0.29, 0.717) is 5.39 Å². The Morgan fingerprint density at radius 1 is 1.35 bits per heavy atom. The fraction of sp³-hybridized carbons (Fsp3) is 0.471. The molecule has 23 heavy (non-hydrogen) atoms. The molecule has 6 heteroatoms. The van der Waals surface area contributed by atoms with Crippen LogP contribution in [0.5, 0.6) is 0 Å². The largest absolute Gasteiger partial charge is 0.382 e. The number of hydrogen-bond acceptors (Lipinski definition) is 4. The highest BCUT2D eigenvalue weighted by atomic mass is 32.2. The monoisotopic (exact) mass is 336 g/mol. The highest BCUT2D eigenvalue weighted by molar-refractivity contribution is 7.99. The van der Waals surface area contributed by atoms with Gasteiger partial charge >= 0.3 is 0 Å². The number of nitrogens with one attached hydrogen (secondary N) is 1. The van der Waals surface area contributed by atoms with E-state index in [4.69, 9.17) is 4.74 Å². The predicted molar refractivity (Wildman–Crippen MR) is 88.9 cm³/mol. The van der Waals surface area contributed by atoms with Gasteiger partial charge in [-0.2, -0.15) is 11.8 Å². The number of nitrogens with zero attached hydrogens (tertiary/aromatic N) is 1. The summed E-state index contributed by atoms with van der Waals surface area (Å²) in [5.74, 6) is 0.966. The molecule has 3 nitrogen and oxygen atoms in total. The number of ether oxygens (including phenoxy) is 1. The fourth-order valence-electron chi connectivity index (χ4n) is 3.54. The van der Waals surface area contributed by atoms with E-state index in [9.17, 15) is 8.78 Å². The van der Waals surface area contributed by atoms with Crippen LogP contribution in [0.2, 0.25) is 0 Å². The molecule has 122 valence electrons. The van der Waals surface area contributed by atoms with Crippen LogP contribution in [0.4, 0.5) is 14.5 Å². The molecule has 2 aliphatic heterocycles. The second-order valence-electron chi connectivity index (χ2n) is 6.31. The molecule has 1 spiro atoms. The summed E-state index contributed by atoms with van der Waals surface area (Å²) in [7, 11) is 0. The molecule has 1 aromatic carbocycles. The van der Waals surface area contributed by atoms with Gasteiger partial charge < -0.3 is 10.1 Å². The molecule has 0 radical (unpaired) electrons. The topological polar surface area (TPSA) is 34.2 Å². The molecule has 2 atom stereocenters. The van der Waals surface area contributed by atoms with Crippen LogP contribution in [-0.2, 0) is 4.74 Å². The second kappa shape index (κ2) is 5.91. The normalized spacial score (nSPS) is 27.7. The standard InChI is InChI=1S/C17H18F2N2OS/c18-11-7-13-15(1-4-20-16(13)14(19)8-11)21-12-2-5-22-17(9-12)3-6-23-10-17/h1,4,7-8,12H,2-3,5-6,9-10H2,(H,20,21). The molecule has 0 bridgehead atoms. The van der Waals surface area contributed by atoms with Crippen LogP contribution in [0.1, 0.15) is 19.3 Å². The smallest absolute Gasteiger partial charge is 0.152 e. The van der Waals surface area contributed by atoms with E-state index < -0.39 is 11.6 Å². The molecule has 0 aliphatic carbocycles. The number of aromatic nitrogens is 1. The van der Waals surface area contributed by atoms with Gasteiger partial charge in [0.1, 0.15) is 11.3 Å². The van der Waals surface area contributed by atoms with Crippen molar-refractivity contribution in [2.45, 2.75) is 30.9 Å². The minimum Gasteiger partial charge on any atom is -0.382 e. The lowest BCUT2D eigenvalue weighted by molar-refractivity contribution is -0.0628. The van der Waals surface area contributed by atoms with Gasteiger partial charge in [0.15, 0.2) is 5.82 Å². The molecule has 2 saturated heterocycles. The van der Waals surface area contributed by atoms with Crippen molar-refractivity contribution in [1.29, 1.82) is 0 Å². The Bertz CT molecular complexity index is 734. The van der Waals surface area contributed by atoms with E-state index in [1.54, 1.807) is 12.3 Å². The SMILES string of the molecule is Fc1cc(F)c2nccc(NC3CCOC4(CCSC4)C3)c2c1. The quantitative estimate of drug-likeness (QED) is 0.899. The van der Waals surface area contributed by atoms with Crippen LogP contribution in [0.3, 0.4) is 0 Å². The number of fused-ring (bicyclic) bond motifs is 1. The molecule has 0 saturated carbocycles. The summed E-state index contributed by atoms with van der Waals surface area (Å²) in [6.45, 7) is 0.726. The van der Waals surface area contributed by atoms with Gasteiger partial charge in [0.2, 0.25) is 0 Å². The minimum atomic E-state index is -0.626. The lowest BCUT2D eigenvalue weighted by atomic mass is 9.89. The molecule has 2 aromatic rings. The summed E-state index contributed by atoms with van der Waals surface area (Å²) in [6, 6.07) is 4.25. The van der Waals surface area contributed by atoms with Gasteiger partial charge in [-0.05, 0) is 37.1 Å². The molecule has 3 heterocycles. The van der Waals surface area contributed by atoms with Crippen LogP contribution >= 0.6 is 11.8 Å². The lowest BCUT2D eigenvalue weighted by Crippen LogP contribution is -2.44. The zero-order chi connectivity index (χ0) is 15.9. The summed E-state index contributed by atoms with van der Waals surface area (Å²) in [6.07, 6.45) is 4.47. The molecule has 0 amide bonds. The zero-order valence-corrected chi connectivity index (χ0v) is 13.5. The first-order valence-corrected chi connectivity index (χ1v) is 9.03. The van der Waals surface area contributed by atoms with Crippen molar-refractivity contribution in [2.75, 3.05) is 23.4 Å². The van der Waals surface area contributed by atoms with Crippen molar-refractivity contribution in [3.8, 4) is 0 Å². The summed E-state index contributed by atoms with van der Waals surface area (Å²) in [5.41, 5.74) is 0.913. The molecule has 4 rings (SSSR count). The number of halogens is 2. The summed E-state index contributed by atoms with van der Waals surface area (Å²) < 4.78 is 33.5. The fourth-order valence-corrected chi connectivity index (χ4v) is 4.92. The van der Waals surface area contributed by atoms with E-state index >= 15 is 0 Å². The number of thioether (sulfide) groups is 1. The Labute approximate surface area is 137 Å². The third-order valence-corrected chi connectivity index (χ3v) is 5.91. The highest BCUT2D eigenvalue weighted by Gasteiger charge is 2.40. The van der Waals surface area contributed by atoms with Crippen LogP contribution in [-0.4, -0.2) is 34.7 Å². The average molecular weight is 336 g/mol. The molecule has 2 aliphatic rings. The van der Waals surface area contributed by atoms with Crippen molar-refractivity contribution in [3.05, 3.63) is 36.0 Å². The van der Waals surface area contributed by atoms with E-state index in [1.807, 2.05) is 11.8 Å². The average Bonchev–Trinajstić information content (AvgIpc) is 2.96. The van der Waals surface area contributed by atoms with Crippen LogP contribution in [0, 0.1) is 11.6 Å². The van der Waals surface area contributed by atoms with Gasteiger partial charge in [-0.25, -0.2) is 8.78 Å². The van der Waals surface area contributed by atoms with Crippen molar-refractivity contribution >= 4 is 28.4 Å². The third-order valence-electron chi connectivity index (χ3n) is 4.68. The molecule has 1 N–H and O–H groups in total. The number of benzene rings is 1. The van der Waals surface area contributed by atoms with Crippen LogP contribution < -0.4 is 5.32 Å². The van der Waals surface area contributed by atoms with E-state index in [1.165, 1.54) is 6.07 Å². The first-order chi connectivity index (χ1) is 11.2. The van der Waals surface area contributed by atoms with Gasteiger partial charge in [-0.3, -0.25) is 4.98 Å². The number of hydrogen-bond donors (Lipinski definition) is 1. The van der Waals surface area contributed by atoms with E-state index in [-0.39, 0.29) is 17.2 Å². The van der Waals surface area contributed by atoms with Crippen molar-refractivity contribution in [3.63, 3.8) is 0 Å². The maximum atomic E-state index is 13.9. The highest BCUT2D eigenvalue weighted by Crippen LogP contribution is 2.39. The number of rotatable bonds is 2. The molecule has 2 fully saturated rings. The van der Waals surface area contributed by atoms with E-state index in [2.05, 4.69) is 10.3 Å². The Kier molecular flexibility index (Phi) is 3.89. The van der Waals surface area contributed by atoms with Crippen LogP contribution in [0.25, 0.3) is 10.9 Å². The van der Waals surface area contributed by atoms with Gasteiger partial charge in [0.25, 0.3) is 0 Å². The summed E-state index contributed by atoms with van der Waals surface area (Å²) in [5, 5.41) is 3.96. The lowest BCUT2D eigenvalue weighted by Gasteiger charge is -2.38. The third kappa shape index (κ3) is 2.90. The minimum absolute atomic E-state index is 0.0279. The Hall–Kier alpha value is -1.40. The van der Waals surface area contributed by atoms with Gasteiger partial charge in [-0.15, -0.1) is 0 Å². The number of pyridine rings is 1. The predicted octanol–water partition coefficient (Wildman–Crippen LogP) is 3.98. The maximum Gasteiger partial charge on any atom is 0.152 e. The second-order valence-corrected chi connectivity index (χ2v) is 7.42. The van der Waals surface area contributed by atoms with Gasteiger partial charge in [-0.1, -0.05) is 0 Å². The van der Waals surface area contributed by atoms with Crippen molar-refractivity contribution in [2.24, 2.45) is 0 Å². The first kappa shape index (κ1) is 15.1. The molecule has 2 unspecified atom stereocenters. The summed E-state index contributed by atoms with van der Waals surface area (Å²) in [4.78, 5) is 4.04. The Morgan fingerprint density at radius 2 is 2.26 bits per heavy atom. The number of anilines is 1. The zero-order valence-electron chi connectivity index (χ0n) is 12.6. The van der Waals surface area contributed by atoms with E-state index in [0.717, 1.165) is 49.1 Å². The molecular formula is C17H18F2N2OS. The summed E-state index contributed by atoms with van der Waals surface area (Å²) >= 11 is 1.93. The van der Waals surface area contributed by atoms with Crippen LogP contribution in [0.15, 0.2) is 24.4 Å².